The predicted molar refractivity (Wildman–Crippen MR) is 66.7 cm³/mol. The number of nitrogens with one attached hydrogen (secondary N) is 3. The van der Waals surface area contributed by atoms with Gasteiger partial charge >= 0.3 is 0 Å². The first-order valence-electron chi connectivity index (χ1n) is 5.73. The third-order valence-corrected chi connectivity index (χ3v) is 2.18. The highest BCUT2D eigenvalue weighted by atomic mass is 16.5. The molecule has 1 rings (SSSR count). The molecule has 0 saturated heterocycles. The van der Waals surface area contributed by atoms with Gasteiger partial charge in [0.1, 0.15) is 5.69 Å². The van der Waals surface area contributed by atoms with Crippen molar-refractivity contribution in [2.75, 3.05) is 26.8 Å². The van der Waals surface area contributed by atoms with Crippen molar-refractivity contribution in [3.8, 4) is 0 Å². The van der Waals surface area contributed by atoms with E-state index in [0.717, 1.165) is 0 Å². The van der Waals surface area contributed by atoms with Crippen molar-refractivity contribution in [3.05, 3.63) is 28.2 Å². The Labute approximate surface area is 109 Å². The number of aromatic nitrogens is 2. The Morgan fingerprint density at radius 3 is 2.68 bits per heavy atom. The van der Waals surface area contributed by atoms with E-state index >= 15 is 0 Å². The fourth-order valence-corrected chi connectivity index (χ4v) is 1.22. The monoisotopic (exact) mass is 268 g/mol. The lowest BCUT2D eigenvalue weighted by atomic mass is 10.3. The SMILES string of the molecule is COCCC(=O)NCCNC(=O)c1ccc(=O)[nH]n1. The minimum absolute atomic E-state index is 0.116. The molecule has 1 aromatic rings. The summed E-state index contributed by atoms with van der Waals surface area (Å²) in [7, 11) is 1.52. The van der Waals surface area contributed by atoms with Crippen LogP contribution in [0.1, 0.15) is 16.9 Å². The zero-order valence-electron chi connectivity index (χ0n) is 10.6. The van der Waals surface area contributed by atoms with Gasteiger partial charge in [-0.3, -0.25) is 14.4 Å². The molecule has 19 heavy (non-hydrogen) atoms. The van der Waals surface area contributed by atoms with E-state index in [9.17, 15) is 14.4 Å². The van der Waals surface area contributed by atoms with Gasteiger partial charge in [0.2, 0.25) is 5.91 Å². The lowest BCUT2D eigenvalue weighted by Gasteiger charge is -2.06. The van der Waals surface area contributed by atoms with Crippen molar-refractivity contribution in [2.24, 2.45) is 0 Å². The Kier molecular flexibility index (Phi) is 6.23. The first-order valence-corrected chi connectivity index (χ1v) is 5.73. The molecule has 3 N–H and O–H groups in total. The van der Waals surface area contributed by atoms with Gasteiger partial charge in [-0.2, -0.15) is 5.10 Å². The van der Waals surface area contributed by atoms with Crippen LogP contribution in [0, 0.1) is 0 Å². The van der Waals surface area contributed by atoms with Gasteiger partial charge in [-0.1, -0.05) is 0 Å². The Morgan fingerprint density at radius 2 is 2.05 bits per heavy atom. The third-order valence-electron chi connectivity index (χ3n) is 2.18. The Hall–Kier alpha value is -2.22. The summed E-state index contributed by atoms with van der Waals surface area (Å²) in [5, 5.41) is 10.9. The first kappa shape index (κ1) is 14.8. The standard InChI is InChI=1S/C11H16N4O4/c1-19-7-4-9(16)12-5-6-13-11(18)8-2-3-10(17)15-14-8/h2-3H,4-7H2,1H3,(H,12,16)(H,13,18)(H,15,17). The Bertz CT molecular complexity index is 465. The zero-order valence-corrected chi connectivity index (χ0v) is 10.6. The number of ether oxygens (including phenoxy) is 1. The quantitative estimate of drug-likeness (QED) is 0.529. The van der Waals surface area contributed by atoms with E-state index in [1.807, 2.05) is 0 Å². The molecular formula is C11H16N4O4. The summed E-state index contributed by atoms with van der Waals surface area (Å²) in [5.41, 5.74) is -0.257. The molecule has 0 fully saturated rings. The smallest absolute Gasteiger partial charge is 0.271 e. The number of carbonyl (C=O) groups is 2. The van der Waals surface area contributed by atoms with Crippen molar-refractivity contribution in [3.63, 3.8) is 0 Å². The summed E-state index contributed by atoms with van der Waals surface area (Å²) in [6, 6.07) is 2.54. The molecule has 8 heteroatoms. The normalized spacial score (nSPS) is 9.95. The Morgan fingerprint density at radius 1 is 1.32 bits per heavy atom. The van der Waals surface area contributed by atoms with Crippen molar-refractivity contribution in [1.82, 2.24) is 20.8 Å². The number of H-pyrrole nitrogens is 1. The van der Waals surface area contributed by atoms with E-state index in [0.29, 0.717) is 13.2 Å². The number of methoxy groups -OCH3 is 1. The molecule has 0 aromatic carbocycles. The van der Waals surface area contributed by atoms with Gasteiger partial charge in [0.25, 0.3) is 11.5 Å². The average molecular weight is 268 g/mol. The van der Waals surface area contributed by atoms with E-state index in [1.165, 1.54) is 19.2 Å². The number of nitrogens with zero attached hydrogens (tertiary/aromatic N) is 1. The van der Waals surface area contributed by atoms with Crippen LogP contribution in [-0.4, -0.2) is 48.8 Å². The fraction of sp³-hybridized carbons (Fsp3) is 0.455. The van der Waals surface area contributed by atoms with Crippen molar-refractivity contribution >= 4 is 11.8 Å². The summed E-state index contributed by atoms with van der Waals surface area (Å²) in [6.07, 6.45) is 0.284. The highest BCUT2D eigenvalue weighted by molar-refractivity contribution is 5.91. The van der Waals surface area contributed by atoms with Gasteiger partial charge in [-0.05, 0) is 6.07 Å². The van der Waals surface area contributed by atoms with Crippen LogP contribution >= 0.6 is 0 Å². The summed E-state index contributed by atoms with van der Waals surface area (Å²) < 4.78 is 4.76. The molecule has 0 aliphatic heterocycles. The fourth-order valence-electron chi connectivity index (χ4n) is 1.22. The second-order valence-electron chi connectivity index (χ2n) is 3.66. The summed E-state index contributed by atoms with van der Waals surface area (Å²) >= 11 is 0. The maximum atomic E-state index is 11.5. The number of amides is 2. The molecule has 0 unspecified atom stereocenters. The maximum absolute atomic E-state index is 11.5. The summed E-state index contributed by atoms with van der Waals surface area (Å²) in [4.78, 5) is 33.5. The molecular weight excluding hydrogens is 252 g/mol. The Balaban J connectivity index is 2.22. The summed E-state index contributed by atoms with van der Waals surface area (Å²) in [6.45, 7) is 0.954. The van der Waals surface area contributed by atoms with E-state index in [4.69, 9.17) is 4.74 Å². The van der Waals surface area contributed by atoms with E-state index in [2.05, 4.69) is 20.8 Å². The van der Waals surface area contributed by atoms with E-state index < -0.39 is 5.91 Å². The van der Waals surface area contributed by atoms with Gasteiger partial charge in [-0.15, -0.1) is 0 Å². The number of hydrogen-bond acceptors (Lipinski definition) is 5. The van der Waals surface area contributed by atoms with Gasteiger partial charge in [0.15, 0.2) is 0 Å². The maximum Gasteiger partial charge on any atom is 0.271 e. The minimum atomic E-state index is -0.414. The number of rotatable bonds is 7. The predicted octanol–water partition coefficient (Wildman–Crippen LogP) is -1.35. The highest BCUT2D eigenvalue weighted by Gasteiger charge is 2.06. The van der Waals surface area contributed by atoms with E-state index in [1.54, 1.807) is 0 Å². The second-order valence-corrected chi connectivity index (χ2v) is 3.66. The highest BCUT2D eigenvalue weighted by Crippen LogP contribution is 1.87. The van der Waals surface area contributed by atoms with Crippen molar-refractivity contribution in [1.29, 1.82) is 0 Å². The largest absolute Gasteiger partial charge is 0.384 e. The average Bonchev–Trinajstić information content (AvgIpc) is 2.41. The second kappa shape index (κ2) is 7.98. The van der Waals surface area contributed by atoms with Crippen LogP contribution in [-0.2, 0) is 9.53 Å². The number of carbonyl (C=O) groups excluding carboxylic acids is 2. The molecule has 2 amide bonds. The van der Waals surface area contributed by atoms with Crippen LogP contribution in [0.2, 0.25) is 0 Å². The van der Waals surface area contributed by atoms with Crippen LogP contribution in [0.5, 0.6) is 0 Å². The first-order chi connectivity index (χ1) is 9.13. The molecule has 0 saturated carbocycles. The van der Waals surface area contributed by atoms with E-state index in [-0.39, 0.29) is 30.1 Å². The van der Waals surface area contributed by atoms with Gasteiger partial charge < -0.3 is 15.4 Å². The topological polar surface area (TPSA) is 113 Å². The third kappa shape index (κ3) is 5.77. The number of hydrogen-bond donors (Lipinski definition) is 3. The molecule has 1 heterocycles. The van der Waals surface area contributed by atoms with Gasteiger partial charge in [-0.25, -0.2) is 5.10 Å². The molecule has 104 valence electrons. The molecule has 0 aliphatic carbocycles. The van der Waals surface area contributed by atoms with Gasteiger partial charge in [0.05, 0.1) is 6.61 Å². The van der Waals surface area contributed by atoms with Crippen molar-refractivity contribution < 1.29 is 14.3 Å². The molecule has 0 radical (unpaired) electrons. The molecule has 0 atom stereocenters. The molecule has 0 aliphatic rings. The minimum Gasteiger partial charge on any atom is -0.384 e. The van der Waals surface area contributed by atoms with Crippen LogP contribution in [0.25, 0.3) is 0 Å². The molecule has 0 bridgehead atoms. The van der Waals surface area contributed by atoms with Crippen LogP contribution < -0.4 is 16.2 Å². The molecule has 8 nitrogen and oxygen atoms in total. The summed E-state index contributed by atoms with van der Waals surface area (Å²) in [5.74, 6) is -0.555. The van der Waals surface area contributed by atoms with Crippen molar-refractivity contribution in [2.45, 2.75) is 6.42 Å². The lowest BCUT2D eigenvalue weighted by Crippen LogP contribution is -2.35. The van der Waals surface area contributed by atoms with Gasteiger partial charge in [0, 0.05) is 32.7 Å². The number of aromatic amines is 1. The zero-order chi connectivity index (χ0) is 14.1. The van der Waals surface area contributed by atoms with Crippen LogP contribution in [0.3, 0.4) is 0 Å². The van der Waals surface area contributed by atoms with Crippen LogP contribution in [0.4, 0.5) is 0 Å². The molecule has 0 spiro atoms. The molecule has 1 aromatic heterocycles. The van der Waals surface area contributed by atoms with Crippen LogP contribution in [0.15, 0.2) is 16.9 Å². The lowest BCUT2D eigenvalue weighted by molar-refractivity contribution is -0.121.